The predicted octanol–water partition coefficient (Wildman–Crippen LogP) is 1.43. The highest BCUT2D eigenvalue weighted by molar-refractivity contribution is 6.06. The van der Waals surface area contributed by atoms with Crippen molar-refractivity contribution in [1.82, 2.24) is 4.90 Å². The van der Waals surface area contributed by atoms with E-state index in [0.717, 1.165) is 4.90 Å². The maximum absolute atomic E-state index is 16.2. The van der Waals surface area contributed by atoms with Crippen LogP contribution in [0, 0.1) is 0 Å². The van der Waals surface area contributed by atoms with Crippen LogP contribution in [0.5, 0.6) is 0 Å². The average molecular weight is 399 g/mol. The van der Waals surface area contributed by atoms with Crippen molar-refractivity contribution in [2.75, 3.05) is 6.61 Å². The molecule has 0 aliphatic carbocycles. The van der Waals surface area contributed by atoms with Crippen LogP contribution >= 0.6 is 0 Å². The maximum Gasteiger partial charge on any atom is 0.236 e. The Morgan fingerprint density at radius 2 is 1.71 bits per heavy atom. The first-order valence-electron chi connectivity index (χ1n) is 9.44. The Hall–Kier alpha value is -1.39. The number of carbonyl (C=O) groups is 2. The standard InChI is InChI=1S/C19H26FNO7/c1-17(2)24-9-11-13(26-17)14-15(28-18(3,4)27-14)19(5,20)16(25-11)21-7-6-10(22)8-12(21)23/h6-7,11,13-16H,8-9H2,1-5H3/t11?,13-,14?,15+,16-,19-/m1/s1. The maximum atomic E-state index is 16.2. The molecule has 8 nitrogen and oxygen atoms in total. The first-order valence-corrected chi connectivity index (χ1v) is 9.44. The lowest BCUT2D eigenvalue weighted by molar-refractivity contribution is -0.333. The van der Waals surface area contributed by atoms with Crippen LogP contribution in [0.15, 0.2) is 12.3 Å². The minimum Gasteiger partial charge on any atom is -0.348 e. The third-order valence-corrected chi connectivity index (χ3v) is 5.46. The number of alkyl halides is 1. The molecule has 4 rings (SSSR count). The third kappa shape index (κ3) is 3.29. The van der Waals surface area contributed by atoms with Gasteiger partial charge >= 0.3 is 0 Å². The van der Waals surface area contributed by atoms with E-state index in [-0.39, 0.29) is 18.8 Å². The molecule has 9 heteroatoms. The fourth-order valence-corrected chi connectivity index (χ4v) is 4.21. The van der Waals surface area contributed by atoms with Crippen LogP contribution < -0.4 is 0 Å². The van der Waals surface area contributed by atoms with Crippen LogP contribution in [0.25, 0.3) is 0 Å². The summed E-state index contributed by atoms with van der Waals surface area (Å²) in [7, 11) is 0. The van der Waals surface area contributed by atoms with Gasteiger partial charge in [-0.1, -0.05) is 0 Å². The summed E-state index contributed by atoms with van der Waals surface area (Å²) < 4.78 is 45.9. The number of ether oxygens (including phenoxy) is 5. The zero-order chi connectivity index (χ0) is 20.5. The largest absolute Gasteiger partial charge is 0.348 e. The van der Waals surface area contributed by atoms with Crippen molar-refractivity contribution < 1.29 is 37.7 Å². The highest BCUT2D eigenvalue weighted by Crippen LogP contribution is 2.46. The van der Waals surface area contributed by atoms with Gasteiger partial charge in [0.05, 0.1) is 13.0 Å². The lowest BCUT2D eigenvalue weighted by atomic mass is 9.91. The number of hydrogen-bond donors (Lipinski definition) is 0. The number of allylic oxidation sites excluding steroid dienone is 1. The second kappa shape index (κ2) is 6.30. The summed E-state index contributed by atoms with van der Waals surface area (Å²) >= 11 is 0. The number of ketones is 1. The van der Waals surface area contributed by atoms with Gasteiger partial charge in [0.25, 0.3) is 0 Å². The molecule has 6 atom stereocenters. The van der Waals surface area contributed by atoms with E-state index in [0.29, 0.717) is 0 Å². The van der Waals surface area contributed by atoms with Crippen LogP contribution in [0.1, 0.15) is 41.0 Å². The van der Waals surface area contributed by atoms with Gasteiger partial charge in [-0.05, 0) is 40.7 Å². The van der Waals surface area contributed by atoms with Gasteiger partial charge in [0.15, 0.2) is 29.3 Å². The molecule has 3 fully saturated rings. The fourth-order valence-electron chi connectivity index (χ4n) is 4.21. The molecule has 0 aromatic rings. The van der Waals surface area contributed by atoms with E-state index in [4.69, 9.17) is 23.7 Å². The summed E-state index contributed by atoms with van der Waals surface area (Å²) in [4.78, 5) is 25.1. The minimum absolute atomic E-state index is 0.141. The second-order valence-electron chi connectivity index (χ2n) is 8.75. The number of halogens is 1. The van der Waals surface area contributed by atoms with E-state index in [2.05, 4.69) is 0 Å². The normalized spacial score (nSPS) is 44.8. The molecule has 28 heavy (non-hydrogen) atoms. The van der Waals surface area contributed by atoms with Gasteiger partial charge in [-0.3, -0.25) is 14.5 Å². The molecule has 0 saturated carbocycles. The summed E-state index contributed by atoms with van der Waals surface area (Å²) in [5.41, 5.74) is -2.14. The Morgan fingerprint density at radius 1 is 1.04 bits per heavy atom. The number of amides is 1. The Kier molecular flexibility index (Phi) is 4.48. The highest BCUT2D eigenvalue weighted by Gasteiger charge is 2.64. The number of hydrogen-bond acceptors (Lipinski definition) is 7. The first-order chi connectivity index (χ1) is 12.9. The molecule has 156 valence electrons. The van der Waals surface area contributed by atoms with E-state index in [1.165, 1.54) is 19.2 Å². The Morgan fingerprint density at radius 3 is 2.39 bits per heavy atom. The van der Waals surface area contributed by atoms with Crippen molar-refractivity contribution >= 4 is 11.7 Å². The molecule has 0 spiro atoms. The molecule has 0 aromatic heterocycles. The van der Waals surface area contributed by atoms with Crippen molar-refractivity contribution in [2.24, 2.45) is 0 Å². The summed E-state index contributed by atoms with van der Waals surface area (Å²) in [6.07, 6.45) is -2.28. The van der Waals surface area contributed by atoms with E-state index in [1.54, 1.807) is 27.7 Å². The zero-order valence-corrected chi connectivity index (χ0v) is 16.6. The number of carbonyl (C=O) groups excluding carboxylic acids is 2. The summed E-state index contributed by atoms with van der Waals surface area (Å²) in [6, 6.07) is 0. The number of nitrogens with zero attached hydrogens (tertiary/aromatic N) is 1. The summed E-state index contributed by atoms with van der Waals surface area (Å²) in [6.45, 7) is 8.40. The van der Waals surface area contributed by atoms with Gasteiger partial charge in [0.2, 0.25) is 5.91 Å². The Balaban J connectivity index is 1.75. The first kappa shape index (κ1) is 19.9. The van der Waals surface area contributed by atoms with Crippen molar-refractivity contribution in [1.29, 1.82) is 0 Å². The fraction of sp³-hybridized carbons (Fsp3) is 0.789. The van der Waals surface area contributed by atoms with Crippen LogP contribution in [0.4, 0.5) is 4.39 Å². The third-order valence-electron chi connectivity index (χ3n) is 5.46. The van der Waals surface area contributed by atoms with Crippen molar-refractivity contribution in [3.63, 3.8) is 0 Å². The van der Waals surface area contributed by atoms with E-state index < -0.39 is 53.8 Å². The van der Waals surface area contributed by atoms with Gasteiger partial charge in [0, 0.05) is 6.20 Å². The Bertz CT molecular complexity index is 719. The van der Waals surface area contributed by atoms with Crippen LogP contribution in [0.2, 0.25) is 0 Å². The monoisotopic (exact) mass is 399 g/mol. The van der Waals surface area contributed by atoms with Crippen molar-refractivity contribution in [2.45, 2.75) is 88.9 Å². The molecule has 3 saturated heterocycles. The molecule has 2 unspecified atom stereocenters. The predicted molar refractivity (Wildman–Crippen MR) is 92.5 cm³/mol. The lowest BCUT2D eigenvalue weighted by Crippen LogP contribution is -2.58. The van der Waals surface area contributed by atoms with E-state index in [1.807, 2.05) is 0 Å². The molecule has 0 radical (unpaired) electrons. The quantitative estimate of drug-likeness (QED) is 0.617. The number of fused-ring (bicyclic) bond motifs is 3. The van der Waals surface area contributed by atoms with Crippen LogP contribution in [0.3, 0.4) is 0 Å². The highest BCUT2D eigenvalue weighted by atomic mass is 19.1. The molecule has 4 aliphatic heterocycles. The molecule has 0 bridgehead atoms. The lowest BCUT2D eigenvalue weighted by Gasteiger charge is -2.43. The molecule has 1 amide bonds. The zero-order valence-electron chi connectivity index (χ0n) is 16.6. The molecular formula is C19H26FNO7. The molecule has 4 aliphatic rings. The van der Waals surface area contributed by atoms with Gasteiger partial charge in [-0.2, -0.15) is 0 Å². The van der Waals surface area contributed by atoms with E-state index in [9.17, 15) is 9.59 Å². The van der Waals surface area contributed by atoms with Gasteiger partial charge in [-0.15, -0.1) is 0 Å². The molecule has 4 heterocycles. The van der Waals surface area contributed by atoms with Crippen molar-refractivity contribution in [3.8, 4) is 0 Å². The molecule has 0 aromatic carbocycles. The topological polar surface area (TPSA) is 83.5 Å². The van der Waals surface area contributed by atoms with Crippen LogP contribution in [-0.2, 0) is 33.3 Å². The van der Waals surface area contributed by atoms with Gasteiger partial charge < -0.3 is 23.7 Å². The van der Waals surface area contributed by atoms with Crippen molar-refractivity contribution in [3.05, 3.63) is 12.3 Å². The van der Waals surface area contributed by atoms with Gasteiger partial charge in [-0.25, -0.2) is 4.39 Å². The van der Waals surface area contributed by atoms with E-state index >= 15 is 4.39 Å². The molecule has 0 N–H and O–H groups in total. The van der Waals surface area contributed by atoms with Crippen LogP contribution in [-0.4, -0.2) is 71.1 Å². The average Bonchev–Trinajstić information content (AvgIpc) is 2.87. The minimum atomic E-state index is -2.14. The number of rotatable bonds is 1. The SMILES string of the molecule is CC1(C)OCC2O[C@@H](N3C=CC(=O)CC3=O)[C@](C)(F)[C@H]3OC(C)(C)OC3[C@@H]2O1. The summed E-state index contributed by atoms with van der Waals surface area (Å²) in [5.74, 6) is -2.80. The van der Waals surface area contributed by atoms with Gasteiger partial charge in [0.1, 0.15) is 24.4 Å². The molecular weight excluding hydrogens is 373 g/mol. The Labute approximate surface area is 162 Å². The summed E-state index contributed by atoms with van der Waals surface area (Å²) in [5, 5.41) is 0. The second-order valence-corrected chi connectivity index (χ2v) is 8.75. The smallest absolute Gasteiger partial charge is 0.236 e.